The molecule has 1 aromatic carbocycles. The molecule has 4 heteroatoms. The SMILES string of the molecule is COc1cccc(CNC(=O)NCC2CC(C)CC(C)C2)c1C. The molecule has 0 bridgehead atoms. The van der Waals surface area contributed by atoms with E-state index in [0.717, 1.165) is 35.3 Å². The van der Waals surface area contributed by atoms with Crippen LogP contribution in [-0.4, -0.2) is 19.7 Å². The molecule has 128 valence electrons. The summed E-state index contributed by atoms with van der Waals surface area (Å²) in [6.45, 7) is 7.94. The maximum Gasteiger partial charge on any atom is 0.315 e. The molecular formula is C19H30N2O2. The molecule has 2 atom stereocenters. The number of carbonyl (C=O) groups excluding carboxylic acids is 1. The van der Waals surface area contributed by atoms with Gasteiger partial charge in [-0.15, -0.1) is 0 Å². The number of amides is 2. The van der Waals surface area contributed by atoms with Crippen LogP contribution in [0, 0.1) is 24.7 Å². The van der Waals surface area contributed by atoms with Crippen molar-refractivity contribution in [3.63, 3.8) is 0 Å². The standard InChI is InChI=1S/C19H30N2O2/c1-13-8-14(2)10-16(9-13)11-20-19(22)21-12-17-6-5-7-18(23-4)15(17)3/h5-7,13-14,16H,8-12H2,1-4H3,(H2,20,21,22). The lowest BCUT2D eigenvalue weighted by Gasteiger charge is -2.31. The highest BCUT2D eigenvalue weighted by Crippen LogP contribution is 2.32. The monoisotopic (exact) mass is 318 g/mol. The number of rotatable bonds is 5. The second-order valence-corrected chi connectivity index (χ2v) is 7.09. The van der Waals surface area contributed by atoms with Crippen molar-refractivity contribution in [3.05, 3.63) is 29.3 Å². The van der Waals surface area contributed by atoms with Gasteiger partial charge in [-0.05, 0) is 61.1 Å². The molecule has 1 aliphatic carbocycles. The molecule has 23 heavy (non-hydrogen) atoms. The molecule has 0 spiro atoms. The highest BCUT2D eigenvalue weighted by molar-refractivity contribution is 5.73. The minimum absolute atomic E-state index is 0.0851. The molecule has 0 radical (unpaired) electrons. The van der Waals surface area contributed by atoms with Gasteiger partial charge in [-0.1, -0.05) is 26.0 Å². The summed E-state index contributed by atoms with van der Waals surface area (Å²) in [6.07, 6.45) is 3.76. The third-order valence-corrected chi connectivity index (χ3v) is 4.88. The molecule has 0 aliphatic heterocycles. The summed E-state index contributed by atoms with van der Waals surface area (Å²) in [5.41, 5.74) is 2.16. The average molecular weight is 318 g/mol. The first-order valence-electron chi connectivity index (χ1n) is 8.63. The van der Waals surface area contributed by atoms with Crippen molar-refractivity contribution in [2.45, 2.75) is 46.6 Å². The molecule has 1 saturated carbocycles. The van der Waals surface area contributed by atoms with Crippen molar-refractivity contribution in [1.29, 1.82) is 0 Å². The second-order valence-electron chi connectivity index (χ2n) is 7.09. The summed E-state index contributed by atoms with van der Waals surface area (Å²) in [5.74, 6) is 3.01. The van der Waals surface area contributed by atoms with Crippen LogP contribution < -0.4 is 15.4 Å². The van der Waals surface area contributed by atoms with E-state index in [-0.39, 0.29) is 6.03 Å². The van der Waals surface area contributed by atoms with Gasteiger partial charge in [0.2, 0.25) is 0 Å². The topological polar surface area (TPSA) is 50.4 Å². The van der Waals surface area contributed by atoms with Gasteiger partial charge in [0.25, 0.3) is 0 Å². The first-order chi connectivity index (χ1) is 11.0. The largest absolute Gasteiger partial charge is 0.496 e. The molecule has 2 unspecified atom stereocenters. The van der Waals surface area contributed by atoms with E-state index < -0.39 is 0 Å². The number of hydrogen-bond acceptors (Lipinski definition) is 2. The lowest BCUT2D eigenvalue weighted by Crippen LogP contribution is -2.39. The molecule has 0 heterocycles. The van der Waals surface area contributed by atoms with Gasteiger partial charge in [0.05, 0.1) is 7.11 Å². The quantitative estimate of drug-likeness (QED) is 0.865. The molecule has 1 fully saturated rings. The molecular weight excluding hydrogens is 288 g/mol. The van der Waals surface area contributed by atoms with Crippen LogP contribution in [0.3, 0.4) is 0 Å². The summed E-state index contributed by atoms with van der Waals surface area (Å²) in [4.78, 5) is 12.0. The zero-order valence-corrected chi connectivity index (χ0v) is 14.8. The van der Waals surface area contributed by atoms with E-state index in [1.54, 1.807) is 7.11 Å². The van der Waals surface area contributed by atoms with Crippen molar-refractivity contribution >= 4 is 6.03 Å². The smallest absolute Gasteiger partial charge is 0.315 e. The van der Waals surface area contributed by atoms with E-state index in [2.05, 4.69) is 24.5 Å². The molecule has 2 amide bonds. The number of urea groups is 1. The Morgan fingerprint density at radius 1 is 1.17 bits per heavy atom. The predicted molar refractivity (Wildman–Crippen MR) is 93.6 cm³/mol. The minimum atomic E-state index is -0.0851. The van der Waals surface area contributed by atoms with Crippen LogP contribution in [0.25, 0.3) is 0 Å². The normalized spacial score (nSPS) is 24.1. The average Bonchev–Trinajstić information content (AvgIpc) is 2.51. The van der Waals surface area contributed by atoms with Crippen LogP contribution in [0.2, 0.25) is 0 Å². The first-order valence-corrected chi connectivity index (χ1v) is 8.63. The van der Waals surface area contributed by atoms with E-state index in [4.69, 9.17) is 4.74 Å². The van der Waals surface area contributed by atoms with Crippen molar-refractivity contribution in [2.75, 3.05) is 13.7 Å². The molecule has 4 nitrogen and oxygen atoms in total. The second kappa shape index (κ2) is 8.23. The third-order valence-electron chi connectivity index (χ3n) is 4.88. The number of methoxy groups -OCH3 is 1. The Bertz CT molecular complexity index is 520. The van der Waals surface area contributed by atoms with Crippen LogP contribution in [-0.2, 0) is 6.54 Å². The van der Waals surface area contributed by atoms with Crippen LogP contribution in [0.15, 0.2) is 18.2 Å². The highest BCUT2D eigenvalue weighted by atomic mass is 16.5. The Kier molecular flexibility index (Phi) is 6.31. The lowest BCUT2D eigenvalue weighted by molar-refractivity contribution is 0.207. The van der Waals surface area contributed by atoms with Gasteiger partial charge in [-0.25, -0.2) is 4.79 Å². The van der Waals surface area contributed by atoms with Gasteiger partial charge >= 0.3 is 6.03 Å². The van der Waals surface area contributed by atoms with E-state index >= 15 is 0 Å². The first kappa shape index (κ1) is 17.6. The number of benzene rings is 1. The van der Waals surface area contributed by atoms with Crippen molar-refractivity contribution in [2.24, 2.45) is 17.8 Å². The predicted octanol–water partition coefficient (Wildman–Crippen LogP) is 3.88. The number of carbonyl (C=O) groups is 1. The Labute approximate surface area is 140 Å². The number of hydrogen-bond donors (Lipinski definition) is 2. The fourth-order valence-electron chi connectivity index (χ4n) is 3.83. The fraction of sp³-hybridized carbons (Fsp3) is 0.632. The van der Waals surface area contributed by atoms with E-state index in [0.29, 0.717) is 12.5 Å². The molecule has 1 aromatic rings. The Balaban J connectivity index is 1.77. The zero-order chi connectivity index (χ0) is 16.8. The molecule has 2 rings (SSSR count). The third kappa shape index (κ3) is 5.15. The highest BCUT2D eigenvalue weighted by Gasteiger charge is 2.24. The van der Waals surface area contributed by atoms with Gasteiger partial charge in [0.15, 0.2) is 0 Å². The summed E-state index contributed by atoms with van der Waals surface area (Å²) < 4.78 is 5.31. The Hall–Kier alpha value is -1.71. The van der Waals surface area contributed by atoms with Crippen LogP contribution in [0.4, 0.5) is 4.79 Å². The van der Waals surface area contributed by atoms with Gasteiger partial charge in [-0.3, -0.25) is 0 Å². The summed E-state index contributed by atoms with van der Waals surface area (Å²) >= 11 is 0. The number of nitrogens with one attached hydrogen (secondary N) is 2. The van der Waals surface area contributed by atoms with E-state index in [1.807, 2.05) is 25.1 Å². The van der Waals surface area contributed by atoms with Crippen molar-refractivity contribution in [3.8, 4) is 5.75 Å². The van der Waals surface area contributed by atoms with Gasteiger partial charge in [-0.2, -0.15) is 0 Å². The van der Waals surface area contributed by atoms with Crippen LogP contribution in [0.1, 0.15) is 44.2 Å². The lowest BCUT2D eigenvalue weighted by atomic mass is 9.77. The van der Waals surface area contributed by atoms with Crippen molar-refractivity contribution in [1.82, 2.24) is 10.6 Å². The van der Waals surface area contributed by atoms with Crippen LogP contribution >= 0.6 is 0 Å². The Morgan fingerprint density at radius 3 is 2.52 bits per heavy atom. The summed E-state index contributed by atoms with van der Waals surface area (Å²) in [7, 11) is 1.67. The molecule has 2 N–H and O–H groups in total. The van der Waals surface area contributed by atoms with Gasteiger partial charge in [0.1, 0.15) is 5.75 Å². The van der Waals surface area contributed by atoms with Crippen LogP contribution in [0.5, 0.6) is 5.75 Å². The van der Waals surface area contributed by atoms with E-state index in [9.17, 15) is 4.79 Å². The molecule has 0 saturated heterocycles. The zero-order valence-electron chi connectivity index (χ0n) is 14.8. The van der Waals surface area contributed by atoms with Crippen molar-refractivity contribution < 1.29 is 9.53 Å². The molecule has 1 aliphatic rings. The molecule has 0 aromatic heterocycles. The maximum atomic E-state index is 12.0. The van der Waals surface area contributed by atoms with E-state index in [1.165, 1.54) is 19.3 Å². The van der Waals surface area contributed by atoms with Gasteiger partial charge in [0, 0.05) is 13.1 Å². The minimum Gasteiger partial charge on any atom is -0.496 e. The fourth-order valence-corrected chi connectivity index (χ4v) is 3.83. The Morgan fingerprint density at radius 2 is 1.87 bits per heavy atom. The summed E-state index contributed by atoms with van der Waals surface area (Å²) in [5, 5.41) is 5.98. The number of ether oxygens (including phenoxy) is 1. The van der Waals surface area contributed by atoms with Gasteiger partial charge < -0.3 is 15.4 Å². The summed E-state index contributed by atoms with van der Waals surface area (Å²) in [6, 6.07) is 5.82. The maximum absolute atomic E-state index is 12.0.